The molecule has 3 nitrogen and oxygen atoms in total. The first-order valence-corrected chi connectivity index (χ1v) is 5.49. The minimum Gasteiger partial charge on any atom is -0.469 e. The van der Waals surface area contributed by atoms with E-state index in [0.29, 0.717) is 5.02 Å². The van der Waals surface area contributed by atoms with Crippen molar-refractivity contribution in [1.29, 1.82) is 0 Å². The zero-order valence-electron chi connectivity index (χ0n) is 8.98. The van der Waals surface area contributed by atoms with Crippen LogP contribution in [0.4, 0.5) is 0 Å². The summed E-state index contributed by atoms with van der Waals surface area (Å²) < 4.78 is 5.32. The molecule has 4 heteroatoms. The van der Waals surface area contributed by atoms with Crippen molar-refractivity contribution in [3.05, 3.63) is 53.2 Å². The van der Waals surface area contributed by atoms with E-state index in [1.54, 1.807) is 12.5 Å². The van der Waals surface area contributed by atoms with Gasteiger partial charge >= 0.3 is 0 Å². The first-order valence-electron chi connectivity index (χ1n) is 5.11. The molecule has 2 rings (SSSR count). The fourth-order valence-electron chi connectivity index (χ4n) is 1.62. The van der Waals surface area contributed by atoms with E-state index in [2.05, 4.69) is 10.3 Å². The number of nitrogens with zero attached hydrogens (tertiary/aromatic N) is 1. The molecule has 16 heavy (non-hydrogen) atoms. The van der Waals surface area contributed by atoms with Gasteiger partial charge in [-0.15, -0.1) is 0 Å². The molecule has 2 aromatic rings. The van der Waals surface area contributed by atoms with Gasteiger partial charge in [0, 0.05) is 12.6 Å². The molecule has 2 heterocycles. The van der Waals surface area contributed by atoms with Crippen LogP contribution in [0, 0.1) is 0 Å². The van der Waals surface area contributed by atoms with Gasteiger partial charge in [0.1, 0.15) is 5.76 Å². The average Bonchev–Trinajstić information content (AvgIpc) is 2.80. The Morgan fingerprint density at radius 2 is 2.31 bits per heavy atom. The van der Waals surface area contributed by atoms with E-state index in [9.17, 15) is 0 Å². The number of hydrogen-bond donors (Lipinski definition) is 1. The van der Waals surface area contributed by atoms with Crippen molar-refractivity contribution < 1.29 is 4.42 Å². The summed E-state index contributed by atoms with van der Waals surface area (Å²) in [7, 11) is 1.89. The molecule has 0 saturated heterocycles. The summed E-state index contributed by atoms with van der Waals surface area (Å²) in [5.74, 6) is 0.918. The van der Waals surface area contributed by atoms with Crippen LogP contribution in [0.2, 0.25) is 5.02 Å². The van der Waals surface area contributed by atoms with Gasteiger partial charge in [0.15, 0.2) is 0 Å². The van der Waals surface area contributed by atoms with E-state index in [1.165, 1.54) is 0 Å². The normalized spacial score (nSPS) is 12.6. The van der Waals surface area contributed by atoms with Crippen LogP contribution in [0.15, 0.2) is 41.1 Å². The van der Waals surface area contributed by atoms with Crippen LogP contribution in [0.25, 0.3) is 0 Å². The Morgan fingerprint density at radius 3 is 2.94 bits per heavy atom. The number of halogens is 1. The molecule has 0 fully saturated rings. The molecule has 0 aliphatic carbocycles. The number of nitrogens with one attached hydrogen (secondary N) is 1. The largest absolute Gasteiger partial charge is 0.469 e. The Labute approximate surface area is 99.5 Å². The van der Waals surface area contributed by atoms with Crippen molar-refractivity contribution >= 4 is 11.6 Å². The molecule has 1 unspecified atom stereocenters. The molecular weight excluding hydrogens is 224 g/mol. The minimum absolute atomic E-state index is 0.0693. The molecule has 0 spiro atoms. The van der Waals surface area contributed by atoms with Gasteiger partial charge in [-0.05, 0) is 31.3 Å². The summed E-state index contributed by atoms with van der Waals surface area (Å²) in [5, 5.41) is 3.86. The maximum atomic E-state index is 6.10. The van der Waals surface area contributed by atoms with Gasteiger partial charge in [-0.2, -0.15) is 0 Å². The predicted octanol–water partition coefficient (Wildman–Crippen LogP) is 2.83. The van der Waals surface area contributed by atoms with Gasteiger partial charge in [-0.3, -0.25) is 4.98 Å². The maximum Gasteiger partial charge on any atom is 0.105 e. The van der Waals surface area contributed by atoms with Gasteiger partial charge in [-0.25, -0.2) is 0 Å². The van der Waals surface area contributed by atoms with Crippen molar-refractivity contribution in [2.75, 3.05) is 7.05 Å². The molecule has 1 atom stereocenters. The molecule has 84 valence electrons. The molecule has 0 aliphatic rings. The van der Waals surface area contributed by atoms with Crippen LogP contribution in [0.3, 0.4) is 0 Å². The quantitative estimate of drug-likeness (QED) is 0.887. The van der Waals surface area contributed by atoms with E-state index in [0.717, 1.165) is 17.9 Å². The lowest BCUT2D eigenvalue weighted by Crippen LogP contribution is -2.20. The van der Waals surface area contributed by atoms with Crippen LogP contribution < -0.4 is 5.32 Å². The molecule has 1 N–H and O–H groups in total. The number of hydrogen-bond acceptors (Lipinski definition) is 3. The second-order valence-corrected chi connectivity index (χ2v) is 3.90. The molecule has 0 aliphatic heterocycles. The summed E-state index contributed by atoms with van der Waals surface area (Å²) in [5.41, 5.74) is 0.850. The Morgan fingerprint density at radius 1 is 1.44 bits per heavy atom. The molecule has 0 radical (unpaired) electrons. The molecule has 0 saturated carbocycles. The second-order valence-electron chi connectivity index (χ2n) is 3.50. The standard InChI is InChI=1S/C12H13ClN2O/c1-14-11(8-9-4-3-7-16-9)12-10(13)5-2-6-15-12/h2-7,11,14H,8H2,1H3. The minimum atomic E-state index is 0.0693. The Hall–Kier alpha value is -1.32. The molecular formula is C12H13ClN2O. The third-order valence-corrected chi connectivity index (χ3v) is 2.77. The van der Waals surface area contributed by atoms with Gasteiger partial charge in [0.05, 0.1) is 23.0 Å². The van der Waals surface area contributed by atoms with Crippen LogP contribution >= 0.6 is 11.6 Å². The number of rotatable bonds is 4. The van der Waals surface area contributed by atoms with Crippen molar-refractivity contribution in [1.82, 2.24) is 10.3 Å². The third-order valence-electron chi connectivity index (χ3n) is 2.45. The Bertz CT molecular complexity index is 442. The second kappa shape index (κ2) is 5.14. The monoisotopic (exact) mass is 236 g/mol. The number of pyridine rings is 1. The van der Waals surface area contributed by atoms with Gasteiger partial charge < -0.3 is 9.73 Å². The lowest BCUT2D eigenvalue weighted by molar-refractivity contribution is 0.461. The van der Waals surface area contributed by atoms with Crippen molar-refractivity contribution in [2.24, 2.45) is 0 Å². The van der Waals surface area contributed by atoms with Gasteiger partial charge in [-0.1, -0.05) is 11.6 Å². The maximum absolute atomic E-state index is 6.10. The highest BCUT2D eigenvalue weighted by atomic mass is 35.5. The zero-order chi connectivity index (χ0) is 11.4. The van der Waals surface area contributed by atoms with Gasteiger partial charge in [0.25, 0.3) is 0 Å². The lowest BCUT2D eigenvalue weighted by Gasteiger charge is -2.15. The highest BCUT2D eigenvalue weighted by molar-refractivity contribution is 6.31. The lowest BCUT2D eigenvalue weighted by atomic mass is 10.1. The van der Waals surface area contributed by atoms with Crippen molar-refractivity contribution in [3.8, 4) is 0 Å². The molecule has 0 bridgehead atoms. The summed E-state index contributed by atoms with van der Waals surface area (Å²) >= 11 is 6.10. The Kier molecular flexibility index (Phi) is 3.59. The van der Waals surface area contributed by atoms with Crippen molar-refractivity contribution in [2.45, 2.75) is 12.5 Å². The summed E-state index contributed by atoms with van der Waals surface area (Å²) in [4.78, 5) is 4.29. The van der Waals surface area contributed by atoms with E-state index < -0.39 is 0 Å². The number of furan rings is 1. The zero-order valence-corrected chi connectivity index (χ0v) is 9.74. The van der Waals surface area contributed by atoms with E-state index in [-0.39, 0.29) is 6.04 Å². The highest BCUT2D eigenvalue weighted by Gasteiger charge is 2.15. The molecule has 0 aromatic carbocycles. The average molecular weight is 237 g/mol. The first-order chi connectivity index (χ1) is 7.81. The van der Waals surface area contributed by atoms with Crippen LogP contribution in [-0.2, 0) is 6.42 Å². The fraction of sp³-hybridized carbons (Fsp3) is 0.250. The third kappa shape index (κ3) is 2.43. The van der Waals surface area contributed by atoms with Crippen LogP contribution in [-0.4, -0.2) is 12.0 Å². The summed E-state index contributed by atoms with van der Waals surface area (Å²) in [6.07, 6.45) is 4.15. The number of aromatic nitrogens is 1. The smallest absolute Gasteiger partial charge is 0.105 e. The SMILES string of the molecule is CNC(Cc1ccco1)c1ncccc1Cl. The van der Waals surface area contributed by atoms with E-state index in [4.69, 9.17) is 16.0 Å². The topological polar surface area (TPSA) is 38.1 Å². The van der Waals surface area contributed by atoms with Crippen LogP contribution in [0.1, 0.15) is 17.5 Å². The van der Waals surface area contributed by atoms with E-state index in [1.807, 2.05) is 31.3 Å². The molecule has 0 amide bonds. The summed E-state index contributed by atoms with van der Waals surface area (Å²) in [6.45, 7) is 0. The summed E-state index contributed by atoms with van der Waals surface area (Å²) in [6, 6.07) is 7.56. The van der Waals surface area contributed by atoms with Crippen molar-refractivity contribution in [3.63, 3.8) is 0 Å². The van der Waals surface area contributed by atoms with Gasteiger partial charge in [0.2, 0.25) is 0 Å². The fourth-order valence-corrected chi connectivity index (χ4v) is 1.87. The first kappa shape index (κ1) is 11.2. The highest BCUT2D eigenvalue weighted by Crippen LogP contribution is 2.23. The predicted molar refractivity (Wildman–Crippen MR) is 63.5 cm³/mol. The van der Waals surface area contributed by atoms with E-state index >= 15 is 0 Å². The van der Waals surface area contributed by atoms with Crippen LogP contribution in [0.5, 0.6) is 0 Å². The number of likely N-dealkylation sites (N-methyl/N-ethyl adjacent to an activating group) is 1. The Balaban J connectivity index is 2.20. The molecule has 2 aromatic heterocycles.